The molecule has 4 nitrogen and oxygen atoms in total. The molecule has 2 N–H and O–H groups in total. The second-order valence-electron chi connectivity index (χ2n) is 5.26. The van der Waals surface area contributed by atoms with Gasteiger partial charge in [0, 0.05) is 18.7 Å². The Bertz CT molecular complexity index is 456. The molecule has 0 bridgehead atoms. The van der Waals surface area contributed by atoms with Crippen LogP contribution in [-0.2, 0) is 10.6 Å². The first-order chi connectivity index (χ1) is 10.8. The van der Waals surface area contributed by atoms with E-state index in [-0.39, 0.29) is 17.8 Å². The maximum atomic E-state index is 13.6. The molecule has 0 aromatic heterocycles. The van der Waals surface area contributed by atoms with Gasteiger partial charge in [-0.05, 0) is 32.4 Å². The molecule has 5 heteroatoms. The minimum atomic E-state index is -2.18. The van der Waals surface area contributed by atoms with Crippen LogP contribution in [0.4, 0.5) is 4.39 Å². The SMILES string of the molecule is CC.CC.Cc1ccc(C(O)(O)N2CC(C)OC(C)C2)cc1F. The lowest BCUT2D eigenvalue weighted by molar-refractivity contribution is -0.298. The van der Waals surface area contributed by atoms with Crippen molar-refractivity contribution in [1.29, 1.82) is 0 Å². The lowest BCUT2D eigenvalue weighted by atomic mass is 10.1. The molecule has 1 aromatic rings. The van der Waals surface area contributed by atoms with E-state index in [0.717, 1.165) is 0 Å². The van der Waals surface area contributed by atoms with E-state index in [4.69, 9.17) is 4.74 Å². The maximum Gasteiger partial charge on any atom is 0.253 e. The number of hydrogen-bond acceptors (Lipinski definition) is 4. The highest BCUT2D eigenvalue weighted by Gasteiger charge is 2.38. The summed E-state index contributed by atoms with van der Waals surface area (Å²) in [5, 5.41) is 20.6. The van der Waals surface area contributed by atoms with Crippen LogP contribution < -0.4 is 0 Å². The lowest BCUT2D eigenvalue weighted by Crippen LogP contribution is -2.55. The molecule has 0 aliphatic carbocycles. The molecule has 2 rings (SSSR count). The summed E-state index contributed by atoms with van der Waals surface area (Å²) in [4.78, 5) is 1.50. The number of benzene rings is 1. The Morgan fingerprint density at radius 3 is 2.00 bits per heavy atom. The predicted molar refractivity (Wildman–Crippen MR) is 91.5 cm³/mol. The predicted octanol–water partition coefficient (Wildman–Crippen LogP) is 3.39. The van der Waals surface area contributed by atoms with Crippen LogP contribution in [-0.4, -0.2) is 40.4 Å². The first-order valence-electron chi connectivity index (χ1n) is 8.42. The Morgan fingerprint density at radius 1 is 1.09 bits per heavy atom. The van der Waals surface area contributed by atoms with E-state index in [1.165, 1.54) is 17.0 Å². The van der Waals surface area contributed by atoms with Gasteiger partial charge in [0.15, 0.2) is 0 Å². The molecular weight excluding hydrogens is 297 g/mol. The summed E-state index contributed by atoms with van der Waals surface area (Å²) < 4.78 is 19.1. The summed E-state index contributed by atoms with van der Waals surface area (Å²) in [6, 6.07) is 4.24. The number of morpholine rings is 1. The largest absolute Gasteiger partial charge is 0.373 e. The zero-order chi connectivity index (χ0) is 18.2. The summed E-state index contributed by atoms with van der Waals surface area (Å²) in [7, 11) is 0. The van der Waals surface area contributed by atoms with Gasteiger partial charge >= 0.3 is 0 Å². The smallest absolute Gasteiger partial charge is 0.253 e. The molecule has 1 aliphatic heterocycles. The fourth-order valence-electron chi connectivity index (χ4n) is 2.42. The minimum Gasteiger partial charge on any atom is -0.373 e. The number of halogens is 1. The van der Waals surface area contributed by atoms with Crippen molar-refractivity contribution in [2.24, 2.45) is 0 Å². The van der Waals surface area contributed by atoms with Crippen LogP contribution in [0.5, 0.6) is 0 Å². The molecule has 1 aliphatic rings. The molecule has 1 fully saturated rings. The second kappa shape index (κ2) is 9.98. The molecule has 1 saturated heterocycles. The van der Waals surface area contributed by atoms with Crippen molar-refractivity contribution in [1.82, 2.24) is 4.90 Å². The maximum absolute atomic E-state index is 13.6. The van der Waals surface area contributed by atoms with Crippen molar-refractivity contribution in [2.75, 3.05) is 13.1 Å². The van der Waals surface area contributed by atoms with Crippen LogP contribution in [0.1, 0.15) is 52.7 Å². The van der Waals surface area contributed by atoms with Crippen LogP contribution in [0.2, 0.25) is 0 Å². The van der Waals surface area contributed by atoms with Gasteiger partial charge in [0.2, 0.25) is 0 Å². The van der Waals surface area contributed by atoms with E-state index in [1.807, 2.05) is 41.5 Å². The Balaban J connectivity index is 0.00000112. The van der Waals surface area contributed by atoms with Crippen LogP contribution in [0.25, 0.3) is 0 Å². The number of aliphatic hydroxyl groups is 2. The summed E-state index contributed by atoms with van der Waals surface area (Å²) in [5.74, 6) is -2.62. The standard InChI is InChI=1S/C14H20FNO3.2C2H6/c1-9-4-5-12(6-13(9)15)14(17,18)16-7-10(2)19-11(3)8-16;2*1-2/h4-6,10-11,17-18H,7-8H2,1-3H3;2*1-2H3. The van der Waals surface area contributed by atoms with E-state index >= 15 is 0 Å². The number of rotatable bonds is 2. The van der Waals surface area contributed by atoms with Gasteiger partial charge in [0.1, 0.15) is 5.82 Å². The molecule has 0 radical (unpaired) electrons. The monoisotopic (exact) mass is 329 g/mol. The van der Waals surface area contributed by atoms with E-state index < -0.39 is 11.7 Å². The Kier molecular flexibility index (Phi) is 9.54. The molecule has 134 valence electrons. The summed E-state index contributed by atoms with van der Waals surface area (Å²) in [6.45, 7) is 14.1. The molecule has 0 amide bonds. The summed E-state index contributed by atoms with van der Waals surface area (Å²) >= 11 is 0. The molecule has 0 spiro atoms. The van der Waals surface area contributed by atoms with Gasteiger partial charge in [0.05, 0.1) is 12.2 Å². The molecular formula is C18H32FNO3. The number of nitrogens with zero attached hydrogens (tertiary/aromatic N) is 1. The summed E-state index contributed by atoms with van der Waals surface area (Å²) in [6.07, 6.45) is -0.199. The first kappa shape index (κ1) is 22.0. The zero-order valence-electron chi connectivity index (χ0n) is 15.4. The van der Waals surface area contributed by atoms with Crippen molar-refractivity contribution in [2.45, 2.75) is 66.6 Å². The van der Waals surface area contributed by atoms with Crippen LogP contribution in [0.15, 0.2) is 18.2 Å². The lowest BCUT2D eigenvalue weighted by Gasteiger charge is -2.42. The van der Waals surface area contributed by atoms with Crippen LogP contribution in [0.3, 0.4) is 0 Å². The van der Waals surface area contributed by atoms with Gasteiger partial charge in [-0.25, -0.2) is 9.29 Å². The Hall–Kier alpha value is -1.01. The van der Waals surface area contributed by atoms with Crippen molar-refractivity contribution in [3.63, 3.8) is 0 Å². The van der Waals surface area contributed by atoms with E-state index in [9.17, 15) is 14.6 Å². The van der Waals surface area contributed by atoms with Gasteiger partial charge in [-0.1, -0.05) is 39.8 Å². The average Bonchev–Trinajstić information content (AvgIpc) is 2.53. The Labute approximate surface area is 139 Å². The van der Waals surface area contributed by atoms with Gasteiger partial charge < -0.3 is 14.9 Å². The minimum absolute atomic E-state index is 0.0993. The highest BCUT2D eigenvalue weighted by molar-refractivity contribution is 5.26. The van der Waals surface area contributed by atoms with Crippen LogP contribution >= 0.6 is 0 Å². The van der Waals surface area contributed by atoms with Crippen molar-refractivity contribution < 1.29 is 19.3 Å². The third kappa shape index (κ3) is 5.84. The van der Waals surface area contributed by atoms with Crippen molar-refractivity contribution in [3.8, 4) is 0 Å². The fraction of sp³-hybridized carbons (Fsp3) is 0.667. The third-order valence-corrected chi connectivity index (χ3v) is 3.42. The van der Waals surface area contributed by atoms with Gasteiger partial charge in [-0.3, -0.25) is 0 Å². The number of hydrogen-bond donors (Lipinski definition) is 2. The quantitative estimate of drug-likeness (QED) is 0.817. The highest BCUT2D eigenvalue weighted by atomic mass is 19.1. The Morgan fingerprint density at radius 2 is 1.57 bits per heavy atom. The van der Waals surface area contributed by atoms with Gasteiger partial charge in [-0.15, -0.1) is 0 Å². The van der Waals surface area contributed by atoms with Gasteiger partial charge in [0.25, 0.3) is 5.91 Å². The van der Waals surface area contributed by atoms with Crippen LogP contribution in [0, 0.1) is 12.7 Å². The molecule has 1 heterocycles. The topological polar surface area (TPSA) is 52.9 Å². The van der Waals surface area contributed by atoms with Crippen molar-refractivity contribution >= 4 is 0 Å². The molecule has 2 unspecified atom stereocenters. The average molecular weight is 329 g/mol. The molecule has 0 saturated carbocycles. The van der Waals surface area contributed by atoms with Gasteiger partial charge in [-0.2, -0.15) is 0 Å². The third-order valence-electron chi connectivity index (χ3n) is 3.42. The molecule has 1 aromatic carbocycles. The number of ether oxygens (including phenoxy) is 1. The molecule has 2 atom stereocenters. The summed E-state index contributed by atoms with van der Waals surface area (Å²) in [5.41, 5.74) is 0.611. The number of aryl methyl sites for hydroxylation is 1. The zero-order valence-corrected chi connectivity index (χ0v) is 15.4. The van der Waals surface area contributed by atoms with Crippen molar-refractivity contribution in [3.05, 3.63) is 35.1 Å². The van der Waals surface area contributed by atoms with E-state index in [2.05, 4.69) is 0 Å². The molecule has 23 heavy (non-hydrogen) atoms. The first-order valence-corrected chi connectivity index (χ1v) is 8.42. The normalized spacial score (nSPS) is 21.7. The van der Waals surface area contributed by atoms with E-state index in [1.54, 1.807) is 13.0 Å². The second-order valence-corrected chi connectivity index (χ2v) is 5.26. The van der Waals surface area contributed by atoms with E-state index in [0.29, 0.717) is 18.7 Å². The highest BCUT2D eigenvalue weighted by Crippen LogP contribution is 2.27. The fourth-order valence-corrected chi connectivity index (χ4v) is 2.42.